The molecule has 59 heavy (non-hydrogen) atoms. The Bertz CT molecular complexity index is 977. The molecule has 0 radical (unpaired) electrons. The third-order valence-electron chi connectivity index (χ3n) is 11.7. The van der Waals surface area contributed by atoms with Crippen molar-refractivity contribution in [2.45, 2.75) is 276 Å². The van der Waals surface area contributed by atoms with Crippen LogP contribution in [-0.2, 0) is 4.79 Å². The number of unbranched alkanes of at least 4 members (excludes halogenated alkanes) is 29. The summed E-state index contributed by atoms with van der Waals surface area (Å²) in [6.45, 7) is 4.03. The smallest absolute Gasteiger partial charge is 0.249 e. The molecule has 0 heterocycles. The number of rotatable bonds is 46. The van der Waals surface area contributed by atoms with Crippen molar-refractivity contribution in [3.8, 4) is 0 Å². The molecule has 1 amide bonds. The van der Waals surface area contributed by atoms with Crippen LogP contribution < -0.4 is 5.32 Å². The van der Waals surface area contributed by atoms with Gasteiger partial charge in [-0.25, -0.2) is 0 Å². The summed E-state index contributed by atoms with van der Waals surface area (Å²) in [6, 6.07) is -1.01. The number of aliphatic hydroxyl groups excluding tert-OH is 4. The Balaban J connectivity index is 3.72. The first kappa shape index (κ1) is 57.3. The first-order valence-electron chi connectivity index (χ1n) is 25.5. The maximum atomic E-state index is 12.6. The highest BCUT2D eigenvalue weighted by Crippen LogP contribution is 2.16. The minimum absolute atomic E-state index is 0.356. The molecule has 0 fully saturated rings. The average Bonchev–Trinajstić information content (AvgIpc) is 3.24. The molecule has 0 saturated heterocycles. The Kier molecular flexibility index (Phi) is 45.9. The zero-order valence-electron chi connectivity index (χ0n) is 39.0. The molecule has 0 spiro atoms. The quantitative estimate of drug-likeness (QED) is 0.0310. The van der Waals surface area contributed by atoms with Gasteiger partial charge in [-0.1, -0.05) is 210 Å². The first-order valence-corrected chi connectivity index (χ1v) is 25.5. The number of amides is 1. The van der Waals surface area contributed by atoms with Crippen molar-refractivity contribution >= 4 is 5.91 Å². The van der Waals surface area contributed by atoms with E-state index in [-0.39, 0.29) is 0 Å². The van der Waals surface area contributed by atoms with E-state index >= 15 is 0 Å². The van der Waals surface area contributed by atoms with Gasteiger partial charge in [0, 0.05) is 0 Å². The molecule has 346 valence electrons. The highest BCUT2D eigenvalue weighted by molar-refractivity contribution is 5.80. The monoisotopic (exact) mass is 830 g/mol. The van der Waals surface area contributed by atoms with Gasteiger partial charge in [-0.2, -0.15) is 0 Å². The topological polar surface area (TPSA) is 110 Å². The van der Waals surface area contributed by atoms with Crippen LogP contribution in [0.25, 0.3) is 0 Å². The molecule has 0 aliphatic heterocycles. The molecule has 0 bridgehead atoms. The lowest BCUT2D eigenvalue weighted by Gasteiger charge is -2.27. The predicted molar refractivity (Wildman–Crippen MR) is 256 cm³/mol. The van der Waals surface area contributed by atoms with Crippen LogP contribution in [0, 0.1) is 0 Å². The number of carbonyl (C=O) groups is 1. The van der Waals surface area contributed by atoms with E-state index in [0.717, 1.165) is 51.4 Å². The first-order chi connectivity index (χ1) is 29.0. The molecule has 0 aromatic heterocycles. The van der Waals surface area contributed by atoms with Crippen molar-refractivity contribution in [1.29, 1.82) is 0 Å². The molecule has 6 nitrogen and oxygen atoms in total. The van der Waals surface area contributed by atoms with Crippen LogP contribution in [0.2, 0.25) is 0 Å². The van der Waals surface area contributed by atoms with E-state index in [1.165, 1.54) is 167 Å². The fourth-order valence-corrected chi connectivity index (χ4v) is 7.67. The molecule has 5 N–H and O–H groups in total. The van der Waals surface area contributed by atoms with Gasteiger partial charge in [0.15, 0.2) is 0 Å². The molecule has 0 aliphatic rings. The van der Waals surface area contributed by atoms with E-state index in [0.29, 0.717) is 19.3 Å². The highest BCUT2D eigenvalue weighted by Gasteiger charge is 2.28. The van der Waals surface area contributed by atoms with Crippen molar-refractivity contribution in [1.82, 2.24) is 5.32 Å². The van der Waals surface area contributed by atoms with Gasteiger partial charge >= 0.3 is 0 Å². The van der Waals surface area contributed by atoms with Crippen LogP contribution in [0.1, 0.15) is 251 Å². The van der Waals surface area contributed by atoms with Crippen LogP contribution in [0.3, 0.4) is 0 Å². The zero-order chi connectivity index (χ0) is 43.1. The third kappa shape index (κ3) is 41.4. The Morgan fingerprint density at radius 1 is 0.407 bits per heavy atom. The molecule has 0 aromatic rings. The molecule has 4 atom stereocenters. The largest absolute Gasteiger partial charge is 0.394 e. The second-order valence-corrected chi connectivity index (χ2v) is 17.5. The number of allylic oxidation sites excluding steroid dienone is 8. The lowest BCUT2D eigenvalue weighted by atomic mass is 10.00. The Morgan fingerprint density at radius 2 is 0.712 bits per heavy atom. The molecule has 0 aromatic carbocycles. The van der Waals surface area contributed by atoms with Crippen molar-refractivity contribution < 1.29 is 25.2 Å². The van der Waals surface area contributed by atoms with Crippen LogP contribution >= 0.6 is 0 Å². The standard InChI is InChI=1S/C53H99NO5/c1-3-5-7-9-11-13-15-17-19-21-22-23-24-25-26-27-28-29-31-33-35-37-39-41-43-45-47-51(57)53(59)54-49(48-55)52(58)50(56)46-44-42-40-38-36-34-32-30-20-18-16-14-12-10-8-6-4-2/h14,16,25-26,30,32,38,40,49-52,55-58H,3-13,15,17-24,27-29,31,33-37,39,41-48H2,1-2H3,(H,54,59)/b16-14+,26-25-,32-30+,40-38+. The fourth-order valence-electron chi connectivity index (χ4n) is 7.67. The van der Waals surface area contributed by atoms with Gasteiger partial charge in [-0.15, -0.1) is 0 Å². The van der Waals surface area contributed by atoms with E-state index in [4.69, 9.17) is 0 Å². The van der Waals surface area contributed by atoms with Gasteiger partial charge in [-0.3, -0.25) is 4.79 Å². The van der Waals surface area contributed by atoms with Crippen molar-refractivity contribution in [2.24, 2.45) is 0 Å². The second-order valence-electron chi connectivity index (χ2n) is 17.5. The summed E-state index contributed by atoms with van der Waals surface area (Å²) in [5.74, 6) is -0.600. The van der Waals surface area contributed by atoms with Gasteiger partial charge in [0.25, 0.3) is 0 Å². The average molecular weight is 830 g/mol. The van der Waals surface area contributed by atoms with E-state index < -0.39 is 36.9 Å². The number of carbonyl (C=O) groups excluding carboxylic acids is 1. The third-order valence-corrected chi connectivity index (χ3v) is 11.7. The molecule has 4 unspecified atom stereocenters. The molecule has 6 heteroatoms. The number of aliphatic hydroxyl groups is 4. The van der Waals surface area contributed by atoms with Gasteiger partial charge in [0.2, 0.25) is 5.91 Å². The summed E-state index contributed by atoms with van der Waals surface area (Å²) in [4.78, 5) is 12.6. The lowest BCUT2D eigenvalue weighted by molar-refractivity contribution is -0.132. The van der Waals surface area contributed by atoms with E-state index in [9.17, 15) is 25.2 Å². The molecular weight excluding hydrogens is 731 g/mol. The Labute approximate surface area is 366 Å². The van der Waals surface area contributed by atoms with Crippen LogP contribution in [-0.4, -0.2) is 57.3 Å². The number of hydrogen-bond donors (Lipinski definition) is 5. The minimum atomic E-state index is -1.29. The van der Waals surface area contributed by atoms with E-state index in [2.05, 4.69) is 67.8 Å². The van der Waals surface area contributed by atoms with Crippen molar-refractivity contribution in [3.05, 3.63) is 48.6 Å². The highest BCUT2D eigenvalue weighted by atomic mass is 16.3. The van der Waals surface area contributed by atoms with Gasteiger partial charge in [0.05, 0.1) is 18.8 Å². The fraction of sp³-hybridized carbons (Fsp3) is 0.830. The summed E-state index contributed by atoms with van der Waals surface area (Å²) in [5, 5.41) is 43.8. The molecule has 0 aliphatic carbocycles. The summed E-state index contributed by atoms with van der Waals surface area (Å²) in [5.41, 5.74) is 0. The summed E-state index contributed by atoms with van der Waals surface area (Å²) >= 11 is 0. The number of hydrogen-bond acceptors (Lipinski definition) is 5. The van der Waals surface area contributed by atoms with Crippen molar-refractivity contribution in [3.63, 3.8) is 0 Å². The Hall–Kier alpha value is -1.73. The van der Waals surface area contributed by atoms with Crippen LogP contribution in [0.15, 0.2) is 48.6 Å². The summed E-state index contributed by atoms with van der Waals surface area (Å²) in [6.07, 6.45) is 58.7. The molecule has 0 rings (SSSR count). The molecular formula is C53H99NO5. The SMILES string of the molecule is CCCCCC/C=C/CC/C=C/CC/C=C/CCCC(O)C(O)C(CO)NC(=O)C(O)CCCCCCCCCCCC/C=C\CCCCCCCCCCCCCC. The van der Waals surface area contributed by atoms with E-state index in [1.54, 1.807) is 0 Å². The zero-order valence-corrected chi connectivity index (χ0v) is 39.0. The van der Waals surface area contributed by atoms with E-state index in [1.807, 2.05) is 0 Å². The van der Waals surface area contributed by atoms with Gasteiger partial charge < -0.3 is 25.7 Å². The minimum Gasteiger partial charge on any atom is -0.394 e. The van der Waals surface area contributed by atoms with Crippen molar-refractivity contribution in [2.75, 3.05) is 6.61 Å². The predicted octanol–water partition coefficient (Wildman–Crippen LogP) is 14.2. The normalized spacial score (nSPS) is 14.3. The lowest BCUT2D eigenvalue weighted by Crippen LogP contribution is -2.53. The number of nitrogens with one attached hydrogen (secondary N) is 1. The molecule has 0 saturated carbocycles. The maximum absolute atomic E-state index is 12.6. The Morgan fingerprint density at radius 3 is 1.08 bits per heavy atom. The second kappa shape index (κ2) is 47.3. The maximum Gasteiger partial charge on any atom is 0.249 e. The van der Waals surface area contributed by atoms with Gasteiger partial charge in [-0.05, 0) is 89.9 Å². The van der Waals surface area contributed by atoms with Gasteiger partial charge in [0.1, 0.15) is 12.2 Å². The summed E-state index contributed by atoms with van der Waals surface area (Å²) in [7, 11) is 0. The van der Waals surface area contributed by atoms with Crippen LogP contribution in [0.5, 0.6) is 0 Å². The van der Waals surface area contributed by atoms with Crippen LogP contribution in [0.4, 0.5) is 0 Å². The summed E-state index contributed by atoms with van der Waals surface area (Å²) < 4.78 is 0.